The monoisotopic (exact) mass is 283 g/mol. The zero-order valence-corrected chi connectivity index (χ0v) is 12.9. The summed E-state index contributed by atoms with van der Waals surface area (Å²) >= 11 is 0. The van der Waals surface area contributed by atoms with Crippen molar-refractivity contribution in [1.82, 2.24) is 5.32 Å². The molecule has 0 saturated carbocycles. The molecule has 0 bridgehead atoms. The second kappa shape index (κ2) is 7.36. The Hall–Kier alpha value is -1.46. The first-order valence-corrected chi connectivity index (χ1v) is 6.62. The lowest BCUT2D eigenvalue weighted by atomic mass is 10.0. The van der Waals surface area contributed by atoms with Crippen LogP contribution in [0.15, 0.2) is 12.1 Å². The van der Waals surface area contributed by atoms with Crippen LogP contribution in [0.2, 0.25) is 0 Å². The SMILES string of the molecule is COc1ccc(CNC(C)(C)CCO)c(OC)c1OC. The lowest BCUT2D eigenvalue weighted by Crippen LogP contribution is -2.39. The van der Waals surface area contributed by atoms with Crippen LogP contribution in [0.4, 0.5) is 0 Å². The first kappa shape index (κ1) is 16.6. The van der Waals surface area contributed by atoms with Gasteiger partial charge in [0.05, 0.1) is 21.3 Å². The molecule has 20 heavy (non-hydrogen) atoms. The second-order valence-electron chi connectivity index (χ2n) is 5.20. The average molecular weight is 283 g/mol. The third kappa shape index (κ3) is 4.02. The van der Waals surface area contributed by atoms with Crippen molar-refractivity contribution in [3.63, 3.8) is 0 Å². The Kier molecular flexibility index (Phi) is 6.10. The molecule has 0 saturated heterocycles. The molecule has 0 unspecified atom stereocenters. The van der Waals surface area contributed by atoms with E-state index < -0.39 is 0 Å². The summed E-state index contributed by atoms with van der Waals surface area (Å²) in [5.74, 6) is 1.90. The molecule has 0 aliphatic heterocycles. The quantitative estimate of drug-likeness (QED) is 0.764. The number of ether oxygens (including phenoxy) is 3. The lowest BCUT2D eigenvalue weighted by molar-refractivity contribution is 0.229. The Bertz CT molecular complexity index is 432. The Morgan fingerprint density at radius 1 is 1.05 bits per heavy atom. The van der Waals surface area contributed by atoms with E-state index >= 15 is 0 Å². The summed E-state index contributed by atoms with van der Waals surface area (Å²) in [6, 6.07) is 3.81. The average Bonchev–Trinajstić information content (AvgIpc) is 2.43. The van der Waals surface area contributed by atoms with Crippen molar-refractivity contribution in [1.29, 1.82) is 0 Å². The van der Waals surface area contributed by atoms with E-state index in [9.17, 15) is 0 Å². The molecular formula is C15H25NO4. The van der Waals surface area contributed by atoms with Crippen molar-refractivity contribution in [2.75, 3.05) is 27.9 Å². The predicted octanol–water partition coefficient (Wildman–Crippen LogP) is 1.96. The van der Waals surface area contributed by atoms with Crippen molar-refractivity contribution >= 4 is 0 Å². The fourth-order valence-electron chi connectivity index (χ4n) is 2.00. The summed E-state index contributed by atoms with van der Waals surface area (Å²) in [6.45, 7) is 4.88. The van der Waals surface area contributed by atoms with Crippen LogP contribution in [0.25, 0.3) is 0 Å². The van der Waals surface area contributed by atoms with Gasteiger partial charge in [-0.05, 0) is 26.3 Å². The van der Waals surface area contributed by atoms with Gasteiger partial charge in [-0.2, -0.15) is 0 Å². The van der Waals surface area contributed by atoms with Gasteiger partial charge in [-0.25, -0.2) is 0 Å². The van der Waals surface area contributed by atoms with E-state index in [4.69, 9.17) is 19.3 Å². The Balaban J connectivity index is 2.95. The summed E-state index contributed by atoms with van der Waals surface area (Å²) in [7, 11) is 4.80. The minimum atomic E-state index is -0.146. The number of rotatable bonds is 8. The predicted molar refractivity (Wildman–Crippen MR) is 78.7 cm³/mol. The van der Waals surface area contributed by atoms with Gasteiger partial charge in [-0.3, -0.25) is 0 Å². The molecule has 0 fully saturated rings. The molecule has 5 nitrogen and oxygen atoms in total. The van der Waals surface area contributed by atoms with Gasteiger partial charge in [0.1, 0.15) is 0 Å². The number of methoxy groups -OCH3 is 3. The topological polar surface area (TPSA) is 60.0 Å². The van der Waals surface area contributed by atoms with E-state index in [1.807, 2.05) is 12.1 Å². The number of hydrogen-bond acceptors (Lipinski definition) is 5. The van der Waals surface area contributed by atoms with Crippen LogP contribution >= 0.6 is 0 Å². The molecule has 0 atom stereocenters. The van der Waals surface area contributed by atoms with E-state index in [1.54, 1.807) is 21.3 Å². The summed E-state index contributed by atoms with van der Waals surface area (Å²) in [5, 5.41) is 12.5. The minimum Gasteiger partial charge on any atom is -0.493 e. The van der Waals surface area contributed by atoms with Crippen LogP contribution in [0.5, 0.6) is 17.2 Å². The standard InChI is InChI=1S/C15H25NO4/c1-15(2,8-9-17)16-10-11-6-7-12(18-3)14(20-5)13(11)19-4/h6-7,16-17H,8-10H2,1-5H3. The van der Waals surface area contributed by atoms with Gasteiger partial charge in [-0.1, -0.05) is 6.07 Å². The number of hydrogen-bond donors (Lipinski definition) is 2. The van der Waals surface area contributed by atoms with Gasteiger partial charge in [0.15, 0.2) is 11.5 Å². The van der Waals surface area contributed by atoms with Crippen molar-refractivity contribution in [2.45, 2.75) is 32.4 Å². The number of nitrogens with one attached hydrogen (secondary N) is 1. The highest BCUT2D eigenvalue weighted by molar-refractivity contribution is 5.55. The Morgan fingerprint density at radius 2 is 1.70 bits per heavy atom. The summed E-state index contributed by atoms with van der Waals surface area (Å²) < 4.78 is 16.1. The molecule has 0 aliphatic rings. The first-order chi connectivity index (χ1) is 9.49. The Labute approximate surface area is 120 Å². The minimum absolute atomic E-state index is 0.146. The van der Waals surface area contributed by atoms with E-state index in [1.165, 1.54) is 0 Å². The molecule has 2 N–H and O–H groups in total. The zero-order chi connectivity index (χ0) is 15.2. The van der Waals surface area contributed by atoms with Crippen LogP contribution in [0.1, 0.15) is 25.8 Å². The molecule has 0 aromatic heterocycles. The molecule has 114 valence electrons. The van der Waals surface area contributed by atoms with E-state index in [-0.39, 0.29) is 12.1 Å². The molecule has 0 spiro atoms. The van der Waals surface area contributed by atoms with Gasteiger partial charge in [0, 0.05) is 24.3 Å². The lowest BCUT2D eigenvalue weighted by Gasteiger charge is -2.26. The molecule has 5 heteroatoms. The fourth-order valence-corrected chi connectivity index (χ4v) is 2.00. The molecule has 0 radical (unpaired) electrons. The van der Waals surface area contributed by atoms with Crippen LogP contribution in [0, 0.1) is 0 Å². The molecule has 0 amide bonds. The smallest absolute Gasteiger partial charge is 0.203 e. The molecule has 0 heterocycles. The second-order valence-corrected chi connectivity index (χ2v) is 5.20. The van der Waals surface area contributed by atoms with Gasteiger partial charge < -0.3 is 24.6 Å². The number of benzene rings is 1. The maximum atomic E-state index is 9.05. The molecule has 1 aromatic carbocycles. The third-order valence-electron chi connectivity index (χ3n) is 3.28. The van der Waals surface area contributed by atoms with Crippen LogP contribution < -0.4 is 19.5 Å². The molecular weight excluding hydrogens is 258 g/mol. The van der Waals surface area contributed by atoms with Crippen molar-refractivity contribution in [3.8, 4) is 17.2 Å². The maximum absolute atomic E-state index is 9.05. The zero-order valence-electron chi connectivity index (χ0n) is 12.9. The summed E-state index contributed by atoms with van der Waals surface area (Å²) in [4.78, 5) is 0. The number of aliphatic hydroxyl groups is 1. The molecule has 1 rings (SSSR count). The maximum Gasteiger partial charge on any atom is 0.203 e. The van der Waals surface area contributed by atoms with Crippen molar-refractivity contribution in [2.24, 2.45) is 0 Å². The van der Waals surface area contributed by atoms with Crippen LogP contribution in [-0.4, -0.2) is 38.6 Å². The van der Waals surface area contributed by atoms with Gasteiger partial charge in [0.25, 0.3) is 0 Å². The highest BCUT2D eigenvalue weighted by atomic mass is 16.5. The van der Waals surface area contributed by atoms with E-state index in [0.717, 1.165) is 5.56 Å². The van der Waals surface area contributed by atoms with E-state index in [0.29, 0.717) is 30.2 Å². The fraction of sp³-hybridized carbons (Fsp3) is 0.600. The summed E-state index contributed by atoms with van der Waals surface area (Å²) in [5.41, 5.74) is 0.837. The van der Waals surface area contributed by atoms with Crippen LogP contribution in [-0.2, 0) is 6.54 Å². The van der Waals surface area contributed by atoms with Crippen LogP contribution in [0.3, 0.4) is 0 Å². The molecule has 1 aromatic rings. The Morgan fingerprint density at radius 3 is 2.20 bits per heavy atom. The van der Waals surface area contributed by atoms with E-state index in [2.05, 4.69) is 19.2 Å². The van der Waals surface area contributed by atoms with Gasteiger partial charge in [0.2, 0.25) is 5.75 Å². The van der Waals surface area contributed by atoms with Crippen molar-refractivity contribution in [3.05, 3.63) is 17.7 Å². The highest BCUT2D eigenvalue weighted by Crippen LogP contribution is 2.39. The largest absolute Gasteiger partial charge is 0.493 e. The first-order valence-electron chi connectivity index (χ1n) is 6.62. The highest BCUT2D eigenvalue weighted by Gasteiger charge is 2.19. The summed E-state index contributed by atoms with van der Waals surface area (Å²) in [6.07, 6.45) is 0.683. The van der Waals surface area contributed by atoms with Crippen molar-refractivity contribution < 1.29 is 19.3 Å². The number of aliphatic hydroxyl groups excluding tert-OH is 1. The third-order valence-corrected chi connectivity index (χ3v) is 3.28. The molecule has 0 aliphatic carbocycles. The van der Waals surface area contributed by atoms with Gasteiger partial charge in [-0.15, -0.1) is 0 Å². The van der Waals surface area contributed by atoms with Gasteiger partial charge >= 0.3 is 0 Å². The normalized spacial score (nSPS) is 11.3.